The van der Waals surface area contributed by atoms with Crippen LogP contribution in [-0.2, 0) is 0 Å². The summed E-state index contributed by atoms with van der Waals surface area (Å²) < 4.78 is 9.34. The zero-order chi connectivity index (χ0) is 41.9. The molecule has 0 aliphatic rings. The summed E-state index contributed by atoms with van der Waals surface area (Å²) in [7, 11) is 0. The standard InChI is InChI=1S/C62H36OSe/c1-2-15-37(16-3-1)58-42-19-6-8-21-44(42)60(45-22-9-7-20-43(45)58)41-29-31-50-57(36-41)64-56-28-14-27-51(62(50)56)61-48-25-12-10-23-46(48)59(47-24-11-13-26-49(47)61)40-30-32-54-52(34-40)53-33-38-17-4-5-18-39(38)35-55(53)63-54/h1-36H. The Kier molecular flexibility index (Phi) is 7.77. The zero-order valence-corrected chi connectivity index (χ0v) is 36.3. The van der Waals surface area contributed by atoms with E-state index >= 15 is 0 Å². The molecule has 0 bridgehead atoms. The Labute approximate surface area is 374 Å². The Bertz CT molecular complexity index is 4130. The first-order valence-corrected chi connectivity index (χ1v) is 23.7. The number of benzene rings is 12. The Balaban J connectivity index is 0.986. The Morgan fingerprint density at radius 3 is 1.36 bits per heavy atom. The first kappa shape index (κ1) is 35.8. The van der Waals surface area contributed by atoms with Gasteiger partial charge in [-0.3, -0.25) is 0 Å². The summed E-state index contributed by atoms with van der Waals surface area (Å²) in [5.74, 6) is 0. The molecular formula is C62H36OSe. The van der Waals surface area contributed by atoms with Crippen molar-refractivity contribution < 1.29 is 4.42 Å². The molecule has 0 atom stereocenters. The molecule has 1 nitrogen and oxygen atoms in total. The van der Waals surface area contributed by atoms with Crippen LogP contribution in [0.5, 0.6) is 0 Å². The second kappa shape index (κ2) is 13.9. The minimum absolute atomic E-state index is 0.145. The number of fused-ring (bicyclic) bond motifs is 11. The number of rotatable bonds is 4. The van der Waals surface area contributed by atoms with Gasteiger partial charge in [0.1, 0.15) is 0 Å². The Morgan fingerprint density at radius 2 is 0.750 bits per heavy atom. The van der Waals surface area contributed by atoms with Crippen molar-refractivity contribution in [3.63, 3.8) is 0 Å². The molecule has 0 aliphatic carbocycles. The van der Waals surface area contributed by atoms with Crippen LogP contribution < -0.4 is 0 Å². The van der Waals surface area contributed by atoms with E-state index in [0.29, 0.717) is 0 Å². The van der Waals surface area contributed by atoms with Crippen molar-refractivity contribution >= 4 is 110 Å². The van der Waals surface area contributed by atoms with Gasteiger partial charge < -0.3 is 0 Å². The van der Waals surface area contributed by atoms with E-state index in [1.54, 1.807) is 0 Å². The van der Waals surface area contributed by atoms with Gasteiger partial charge in [0.15, 0.2) is 0 Å². The molecule has 12 aromatic carbocycles. The van der Waals surface area contributed by atoms with Crippen LogP contribution in [0.4, 0.5) is 0 Å². The van der Waals surface area contributed by atoms with Gasteiger partial charge in [-0.2, -0.15) is 0 Å². The molecule has 14 rings (SSSR count). The van der Waals surface area contributed by atoms with Gasteiger partial charge >= 0.3 is 336 Å². The fourth-order valence-electron chi connectivity index (χ4n) is 10.9. The van der Waals surface area contributed by atoms with Gasteiger partial charge in [-0.25, -0.2) is 0 Å². The van der Waals surface area contributed by atoms with Crippen LogP contribution in [0.25, 0.3) is 140 Å². The number of hydrogen-bond donors (Lipinski definition) is 0. The number of furan rings is 1. The molecule has 0 amide bonds. The van der Waals surface area contributed by atoms with Gasteiger partial charge in [0.2, 0.25) is 0 Å². The first-order valence-electron chi connectivity index (χ1n) is 22.0. The van der Waals surface area contributed by atoms with Crippen LogP contribution >= 0.6 is 0 Å². The summed E-state index contributed by atoms with van der Waals surface area (Å²) in [6.07, 6.45) is 0. The van der Waals surface area contributed by atoms with E-state index in [4.69, 9.17) is 4.42 Å². The molecule has 0 radical (unpaired) electrons. The maximum atomic E-state index is 6.47. The maximum absolute atomic E-state index is 6.47. The van der Waals surface area contributed by atoms with Gasteiger partial charge in [0.25, 0.3) is 0 Å². The van der Waals surface area contributed by atoms with E-state index in [1.807, 2.05) is 0 Å². The van der Waals surface area contributed by atoms with E-state index in [9.17, 15) is 0 Å². The predicted octanol–water partition coefficient (Wildman–Crippen LogP) is 17.4. The molecule has 296 valence electrons. The van der Waals surface area contributed by atoms with Crippen molar-refractivity contribution in [3.05, 3.63) is 218 Å². The van der Waals surface area contributed by atoms with Crippen molar-refractivity contribution in [2.45, 2.75) is 0 Å². The van der Waals surface area contributed by atoms with Crippen molar-refractivity contribution in [1.29, 1.82) is 0 Å². The molecule has 2 heteroatoms. The van der Waals surface area contributed by atoms with Crippen LogP contribution in [0.2, 0.25) is 0 Å². The van der Waals surface area contributed by atoms with E-state index in [0.717, 1.165) is 21.9 Å². The van der Waals surface area contributed by atoms with Gasteiger partial charge in [-0.05, 0) is 16.8 Å². The van der Waals surface area contributed by atoms with Gasteiger partial charge in [-0.1, -0.05) is 24.3 Å². The van der Waals surface area contributed by atoms with E-state index in [2.05, 4.69) is 218 Å². The number of hydrogen-bond acceptors (Lipinski definition) is 1. The Hall–Kier alpha value is -7.74. The summed E-state index contributed by atoms with van der Waals surface area (Å²) in [4.78, 5) is 0. The summed E-state index contributed by atoms with van der Waals surface area (Å²) >= 11 is 0.145. The van der Waals surface area contributed by atoms with Crippen molar-refractivity contribution in [2.24, 2.45) is 0 Å². The van der Waals surface area contributed by atoms with Crippen LogP contribution in [0.3, 0.4) is 0 Å². The first-order chi connectivity index (χ1) is 31.7. The SMILES string of the molecule is c1ccc(-c2c3ccccc3c(-c3ccc4c(c3)[se]c3cccc(-c5c6ccccc6c(-c6ccc7oc8cc9ccccc9cc8c7c6)c6ccccc56)c34)c3ccccc23)cc1. The van der Waals surface area contributed by atoms with E-state index in [1.165, 1.54) is 118 Å². The third kappa shape index (κ3) is 5.25. The molecule has 0 saturated carbocycles. The van der Waals surface area contributed by atoms with Crippen LogP contribution in [-0.4, -0.2) is 14.5 Å². The molecule has 14 aromatic rings. The molecule has 0 unspecified atom stereocenters. The third-order valence-electron chi connectivity index (χ3n) is 13.6. The quantitative estimate of drug-likeness (QED) is 0.127. The van der Waals surface area contributed by atoms with Crippen LogP contribution in [0, 0.1) is 0 Å². The van der Waals surface area contributed by atoms with Gasteiger partial charge in [0.05, 0.1) is 0 Å². The molecule has 64 heavy (non-hydrogen) atoms. The van der Waals surface area contributed by atoms with Crippen LogP contribution in [0.15, 0.2) is 223 Å². The normalized spacial score (nSPS) is 12.1. The third-order valence-corrected chi connectivity index (χ3v) is 16.0. The zero-order valence-electron chi connectivity index (χ0n) is 34.6. The van der Waals surface area contributed by atoms with Gasteiger partial charge in [-0.15, -0.1) is 0 Å². The van der Waals surface area contributed by atoms with Crippen molar-refractivity contribution in [1.82, 2.24) is 0 Å². The van der Waals surface area contributed by atoms with Crippen LogP contribution in [0.1, 0.15) is 0 Å². The molecule has 2 aromatic heterocycles. The molecule has 0 fully saturated rings. The predicted molar refractivity (Wildman–Crippen MR) is 275 cm³/mol. The average Bonchev–Trinajstić information content (AvgIpc) is 3.91. The van der Waals surface area contributed by atoms with Gasteiger partial charge in [0, 0.05) is 0 Å². The summed E-state index contributed by atoms with van der Waals surface area (Å²) in [5, 5.41) is 17.6. The monoisotopic (exact) mass is 876 g/mol. The fourth-order valence-corrected chi connectivity index (χ4v) is 13.4. The average molecular weight is 876 g/mol. The van der Waals surface area contributed by atoms with E-state index in [-0.39, 0.29) is 14.5 Å². The summed E-state index contributed by atoms with van der Waals surface area (Å²) in [6.45, 7) is 0. The second-order valence-corrected chi connectivity index (χ2v) is 19.3. The minimum atomic E-state index is 0.145. The topological polar surface area (TPSA) is 13.1 Å². The molecule has 2 heterocycles. The fraction of sp³-hybridized carbons (Fsp3) is 0. The van der Waals surface area contributed by atoms with Crippen molar-refractivity contribution in [3.8, 4) is 44.5 Å². The van der Waals surface area contributed by atoms with E-state index < -0.39 is 0 Å². The molecule has 0 aliphatic heterocycles. The second-order valence-electron chi connectivity index (χ2n) is 17.0. The Morgan fingerprint density at radius 1 is 0.266 bits per heavy atom. The molecule has 0 N–H and O–H groups in total. The van der Waals surface area contributed by atoms with Crippen molar-refractivity contribution in [2.75, 3.05) is 0 Å². The molecular weight excluding hydrogens is 840 g/mol. The summed E-state index contributed by atoms with van der Waals surface area (Å²) in [6, 6.07) is 81.0. The molecule has 0 spiro atoms. The summed E-state index contributed by atoms with van der Waals surface area (Å²) in [5.41, 5.74) is 12.0. The molecule has 0 saturated heterocycles.